The molecule has 6 heteroatoms. The van der Waals surface area contributed by atoms with Crippen molar-refractivity contribution in [3.05, 3.63) is 0 Å². The summed E-state index contributed by atoms with van der Waals surface area (Å²) in [6.45, 7) is 6.77. The number of rotatable bonds is 4. The average Bonchev–Trinajstić information content (AvgIpc) is 2.23. The summed E-state index contributed by atoms with van der Waals surface area (Å²) in [6, 6.07) is 0. The van der Waals surface area contributed by atoms with Crippen molar-refractivity contribution in [3.8, 4) is 0 Å². The Hall–Kier alpha value is -0.620. The molecule has 2 unspecified atom stereocenters. The highest BCUT2D eigenvalue weighted by Gasteiger charge is 2.35. The molecule has 0 amide bonds. The summed E-state index contributed by atoms with van der Waals surface area (Å²) in [5.41, 5.74) is -0.306. The third kappa shape index (κ3) is 4.76. The van der Waals surface area contributed by atoms with Crippen LogP contribution in [0, 0.1) is 17.3 Å². The molecule has 0 aliphatic carbocycles. The molecule has 5 nitrogen and oxygen atoms in total. The van der Waals surface area contributed by atoms with Crippen LogP contribution < -0.4 is 0 Å². The molecule has 1 saturated heterocycles. The Balaban J connectivity index is 2.73. The molecular formula is C13H25NO4S. The first-order valence-electron chi connectivity index (χ1n) is 6.69. The summed E-state index contributed by atoms with van der Waals surface area (Å²) in [7, 11) is -3.16. The lowest BCUT2D eigenvalue weighted by atomic mass is 9.74. The van der Waals surface area contributed by atoms with Crippen LogP contribution in [0.5, 0.6) is 0 Å². The number of piperidine rings is 1. The van der Waals surface area contributed by atoms with Gasteiger partial charge in [-0.2, -0.15) is 0 Å². The van der Waals surface area contributed by atoms with Crippen molar-refractivity contribution in [2.75, 3.05) is 19.3 Å². The van der Waals surface area contributed by atoms with Crippen LogP contribution >= 0.6 is 0 Å². The molecule has 1 aliphatic rings. The molecular weight excluding hydrogens is 266 g/mol. The first-order chi connectivity index (χ1) is 8.51. The van der Waals surface area contributed by atoms with Crippen LogP contribution in [0.3, 0.4) is 0 Å². The monoisotopic (exact) mass is 291 g/mol. The van der Waals surface area contributed by atoms with Crippen LogP contribution in [0.4, 0.5) is 0 Å². The molecule has 19 heavy (non-hydrogen) atoms. The van der Waals surface area contributed by atoms with Crippen LogP contribution in [0.15, 0.2) is 0 Å². The van der Waals surface area contributed by atoms with E-state index >= 15 is 0 Å². The van der Waals surface area contributed by atoms with E-state index in [1.807, 2.05) is 20.8 Å². The predicted molar refractivity (Wildman–Crippen MR) is 74.3 cm³/mol. The van der Waals surface area contributed by atoms with Crippen LogP contribution in [0.1, 0.15) is 40.0 Å². The molecule has 0 saturated carbocycles. The minimum Gasteiger partial charge on any atom is -0.481 e. The van der Waals surface area contributed by atoms with Crippen molar-refractivity contribution >= 4 is 16.0 Å². The summed E-state index contributed by atoms with van der Waals surface area (Å²) in [5.74, 6) is -1.08. The first-order valence-corrected chi connectivity index (χ1v) is 8.54. The Bertz CT molecular complexity index is 424. The van der Waals surface area contributed by atoms with Crippen molar-refractivity contribution in [2.24, 2.45) is 17.3 Å². The van der Waals surface area contributed by atoms with Gasteiger partial charge in [0.2, 0.25) is 10.0 Å². The normalized spacial score (nSPS) is 24.1. The summed E-state index contributed by atoms with van der Waals surface area (Å²) in [6.07, 6.45) is 3.48. The Morgan fingerprint density at radius 1 is 1.42 bits per heavy atom. The largest absolute Gasteiger partial charge is 0.481 e. The minimum atomic E-state index is -3.16. The zero-order valence-electron chi connectivity index (χ0n) is 12.2. The summed E-state index contributed by atoms with van der Waals surface area (Å²) in [4.78, 5) is 11.4. The SMILES string of the molecule is CC(C)(C)C(CC1CCCN(S(C)(=O)=O)C1)C(=O)O. The molecule has 0 radical (unpaired) electrons. The van der Waals surface area contributed by atoms with Gasteiger partial charge in [-0.25, -0.2) is 12.7 Å². The lowest BCUT2D eigenvalue weighted by Gasteiger charge is -2.35. The molecule has 1 rings (SSSR count). The maximum Gasteiger partial charge on any atom is 0.307 e. The highest BCUT2D eigenvalue weighted by Crippen LogP contribution is 2.34. The zero-order valence-corrected chi connectivity index (χ0v) is 13.0. The maximum absolute atomic E-state index is 11.6. The zero-order chi connectivity index (χ0) is 14.8. The summed E-state index contributed by atoms with van der Waals surface area (Å²) in [5, 5.41) is 9.33. The van der Waals surface area contributed by atoms with E-state index in [9.17, 15) is 18.3 Å². The molecule has 1 aliphatic heterocycles. The predicted octanol–water partition coefficient (Wildman–Crippen LogP) is 1.79. The van der Waals surface area contributed by atoms with Gasteiger partial charge >= 0.3 is 5.97 Å². The number of hydrogen-bond acceptors (Lipinski definition) is 3. The number of aliphatic carboxylic acids is 1. The highest BCUT2D eigenvalue weighted by atomic mass is 32.2. The average molecular weight is 291 g/mol. The third-order valence-corrected chi connectivity index (χ3v) is 5.13. The van der Waals surface area contributed by atoms with E-state index in [1.165, 1.54) is 10.6 Å². The van der Waals surface area contributed by atoms with Crippen molar-refractivity contribution in [1.29, 1.82) is 0 Å². The number of carboxylic acid groups (broad SMARTS) is 1. The Labute approximate surface area is 116 Å². The van der Waals surface area contributed by atoms with E-state index in [2.05, 4.69) is 0 Å². The molecule has 2 atom stereocenters. The number of carboxylic acids is 1. The van der Waals surface area contributed by atoms with E-state index in [0.29, 0.717) is 19.5 Å². The lowest BCUT2D eigenvalue weighted by molar-refractivity contribution is -0.146. The second kappa shape index (κ2) is 5.79. The lowest BCUT2D eigenvalue weighted by Crippen LogP contribution is -2.41. The Morgan fingerprint density at radius 2 is 2.00 bits per heavy atom. The van der Waals surface area contributed by atoms with Gasteiger partial charge in [0.05, 0.1) is 12.2 Å². The van der Waals surface area contributed by atoms with Gasteiger partial charge in [0, 0.05) is 13.1 Å². The number of carbonyl (C=O) groups is 1. The van der Waals surface area contributed by atoms with Crippen molar-refractivity contribution in [2.45, 2.75) is 40.0 Å². The molecule has 0 aromatic carbocycles. The summed E-state index contributed by atoms with van der Waals surface area (Å²) < 4.78 is 24.6. The van der Waals surface area contributed by atoms with Crippen molar-refractivity contribution in [3.63, 3.8) is 0 Å². The second-order valence-corrected chi connectivity index (χ2v) is 8.60. The molecule has 112 valence electrons. The second-order valence-electron chi connectivity index (χ2n) is 6.62. The van der Waals surface area contributed by atoms with Gasteiger partial charge < -0.3 is 5.11 Å². The van der Waals surface area contributed by atoms with Gasteiger partial charge in [0.15, 0.2) is 0 Å². The standard InChI is InChI=1S/C13H25NO4S/c1-13(2,3)11(12(15)16)8-10-6-5-7-14(9-10)19(4,17)18/h10-11H,5-9H2,1-4H3,(H,15,16). The molecule has 0 spiro atoms. The van der Waals surface area contributed by atoms with Gasteiger partial charge in [0.25, 0.3) is 0 Å². The van der Waals surface area contributed by atoms with Gasteiger partial charge in [-0.1, -0.05) is 20.8 Å². The fraction of sp³-hybridized carbons (Fsp3) is 0.923. The van der Waals surface area contributed by atoms with Gasteiger partial charge in [0.1, 0.15) is 0 Å². The molecule has 0 aromatic heterocycles. The highest BCUT2D eigenvalue weighted by molar-refractivity contribution is 7.88. The van der Waals surface area contributed by atoms with Crippen LogP contribution in [0.2, 0.25) is 0 Å². The van der Waals surface area contributed by atoms with Crippen LogP contribution in [0.25, 0.3) is 0 Å². The fourth-order valence-corrected chi connectivity index (χ4v) is 3.62. The molecule has 1 fully saturated rings. The number of sulfonamides is 1. The minimum absolute atomic E-state index is 0.142. The molecule has 0 aromatic rings. The van der Waals surface area contributed by atoms with E-state index in [4.69, 9.17) is 0 Å². The first kappa shape index (κ1) is 16.4. The number of nitrogens with zero attached hydrogens (tertiary/aromatic N) is 1. The van der Waals surface area contributed by atoms with E-state index in [-0.39, 0.29) is 11.3 Å². The van der Waals surface area contributed by atoms with Gasteiger partial charge in [-0.15, -0.1) is 0 Å². The summed E-state index contributed by atoms with van der Waals surface area (Å²) >= 11 is 0. The Kier molecular flexibility index (Phi) is 5.01. The van der Waals surface area contributed by atoms with Crippen LogP contribution in [-0.2, 0) is 14.8 Å². The maximum atomic E-state index is 11.6. The smallest absolute Gasteiger partial charge is 0.307 e. The van der Waals surface area contributed by atoms with Gasteiger partial charge in [-0.3, -0.25) is 4.79 Å². The van der Waals surface area contributed by atoms with Crippen molar-refractivity contribution in [1.82, 2.24) is 4.31 Å². The van der Waals surface area contributed by atoms with Crippen molar-refractivity contribution < 1.29 is 18.3 Å². The van der Waals surface area contributed by atoms with E-state index in [1.54, 1.807) is 0 Å². The van der Waals surface area contributed by atoms with Crippen LogP contribution in [-0.4, -0.2) is 43.1 Å². The fourth-order valence-electron chi connectivity index (χ4n) is 2.68. The number of hydrogen-bond donors (Lipinski definition) is 1. The Morgan fingerprint density at radius 3 is 2.42 bits per heavy atom. The quantitative estimate of drug-likeness (QED) is 0.857. The van der Waals surface area contributed by atoms with Gasteiger partial charge in [-0.05, 0) is 30.6 Å². The van der Waals surface area contributed by atoms with E-state index < -0.39 is 21.9 Å². The topological polar surface area (TPSA) is 74.7 Å². The van der Waals surface area contributed by atoms with E-state index in [0.717, 1.165) is 12.8 Å². The third-order valence-electron chi connectivity index (χ3n) is 3.86. The molecule has 0 bridgehead atoms. The molecule has 1 heterocycles. The molecule has 1 N–H and O–H groups in total.